The van der Waals surface area contributed by atoms with Gasteiger partial charge in [-0.25, -0.2) is 0 Å². The van der Waals surface area contributed by atoms with E-state index in [0.717, 1.165) is 37.7 Å². The highest BCUT2D eigenvalue weighted by molar-refractivity contribution is 5.82. The standard InChI is InChI=1S/C20H30O4/c1-19-9-8-16-14(15(19)5-6-17(19)22)4-3-12-11-13(21)7-10-20(12,16)18(23)24-2/h3,13-17,21-22H,4-11H2,1-2H3/t13-,14?,15?,16?,17-,19-,20+/m0/s1. The molecule has 2 N–H and O–H groups in total. The molecule has 3 fully saturated rings. The summed E-state index contributed by atoms with van der Waals surface area (Å²) in [4.78, 5) is 12.9. The second kappa shape index (κ2) is 5.57. The summed E-state index contributed by atoms with van der Waals surface area (Å²) >= 11 is 0. The lowest BCUT2D eigenvalue weighted by Crippen LogP contribution is -2.55. The van der Waals surface area contributed by atoms with Crippen LogP contribution in [0.25, 0.3) is 0 Å². The van der Waals surface area contributed by atoms with Gasteiger partial charge in [0.25, 0.3) is 0 Å². The maximum absolute atomic E-state index is 12.9. The van der Waals surface area contributed by atoms with Gasteiger partial charge in [0.2, 0.25) is 0 Å². The molecule has 3 saturated carbocycles. The number of ether oxygens (including phenoxy) is 1. The molecular formula is C20H30O4. The van der Waals surface area contributed by atoms with Crippen molar-refractivity contribution in [3.05, 3.63) is 11.6 Å². The summed E-state index contributed by atoms with van der Waals surface area (Å²) in [6, 6.07) is 0. The van der Waals surface area contributed by atoms with Gasteiger partial charge in [-0.1, -0.05) is 18.6 Å². The molecule has 0 spiro atoms. The van der Waals surface area contributed by atoms with Gasteiger partial charge < -0.3 is 14.9 Å². The van der Waals surface area contributed by atoms with Crippen molar-refractivity contribution in [3.63, 3.8) is 0 Å². The molecule has 3 unspecified atom stereocenters. The Morgan fingerprint density at radius 1 is 1.17 bits per heavy atom. The van der Waals surface area contributed by atoms with Crippen molar-refractivity contribution in [2.45, 2.75) is 70.5 Å². The maximum atomic E-state index is 12.9. The molecule has 4 rings (SSSR count). The maximum Gasteiger partial charge on any atom is 0.316 e. The monoisotopic (exact) mass is 334 g/mol. The molecule has 4 aliphatic carbocycles. The minimum absolute atomic E-state index is 0.0119. The van der Waals surface area contributed by atoms with E-state index in [1.54, 1.807) is 0 Å². The molecule has 0 radical (unpaired) electrons. The van der Waals surface area contributed by atoms with Crippen molar-refractivity contribution in [1.29, 1.82) is 0 Å². The highest BCUT2D eigenvalue weighted by Crippen LogP contribution is 2.65. The fourth-order valence-corrected chi connectivity index (χ4v) is 6.83. The number of aliphatic hydroxyl groups excluding tert-OH is 2. The van der Waals surface area contributed by atoms with Crippen LogP contribution in [0, 0.1) is 28.6 Å². The van der Waals surface area contributed by atoms with Crippen LogP contribution >= 0.6 is 0 Å². The predicted molar refractivity (Wildman–Crippen MR) is 90.1 cm³/mol. The van der Waals surface area contributed by atoms with Crippen LogP contribution in [-0.2, 0) is 9.53 Å². The van der Waals surface area contributed by atoms with E-state index in [1.807, 2.05) is 0 Å². The molecule has 0 aliphatic heterocycles. The van der Waals surface area contributed by atoms with Crippen LogP contribution in [0.1, 0.15) is 58.3 Å². The van der Waals surface area contributed by atoms with Crippen molar-refractivity contribution in [2.24, 2.45) is 28.6 Å². The SMILES string of the molecule is COC(=O)[C@]12CC[C@H](O)CC1=CCC1C2CC[C@@]2(C)C1CC[C@@H]2O. The number of rotatable bonds is 1. The first-order chi connectivity index (χ1) is 11.4. The zero-order valence-electron chi connectivity index (χ0n) is 14.8. The quantitative estimate of drug-likeness (QED) is 0.572. The molecule has 134 valence electrons. The van der Waals surface area contributed by atoms with Crippen LogP contribution in [0.4, 0.5) is 0 Å². The van der Waals surface area contributed by atoms with Crippen molar-refractivity contribution >= 4 is 5.97 Å². The van der Waals surface area contributed by atoms with Crippen LogP contribution in [-0.4, -0.2) is 35.5 Å². The number of methoxy groups -OCH3 is 1. The summed E-state index contributed by atoms with van der Waals surface area (Å²) in [7, 11) is 1.50. The van der Waals surface area contributed by atoms with Gasteiger partial charge >= 0.3 is 5.97 Å². The largest absolute Gasteiger partial charge is 0.468 e. The number of carbonyl (C=O) groups excluding carboxylic acids is 1. The number of esters is 1. The van der Waals surface area contributed by atoms with Crippen molar-refractivity contribution in [2.75, 3.05) is 7.11 Å². The third-order valence-corrected chi connectivity index (χ3v) is 8.11. The summed E-state index contributed by atoms with van der Waals surface area (Å²) in [5, 5.41) is 20.6. The van der Waals surface area contributed by atoms with Gasteiger partial charge in [0.05, 0.1) is 24.7 Å². The van der Waals surface area contributed by atoms with Gasteiger partial charge in [0, 0.05) is 0 Å². The Balaban J connectivity index is 1.75. The van der Waals surface area contributed by atoms with E-state index in [1.165, 1.54) is 7.11 Å². The smallest absolute Gasteiger partial charge is 0.316 e. The minimum Gasteiger partial charge on any atom is -0.468 e. The lowest BCUT2D eigenvalue weighted by molar-refractivity contribution is -0.164. The molecular weight excluding hydrogens is 304 g/mol. The van der Waals surface area contributed by atoms with E-state index < -0.39 is 5.41 Å². The lowest BCUT2D eigenvalue weighted by Gasteiger charge is -2.57. The molecule has 4 heteroatoms. The van der Waals surface area contributed by atoms with E-state index in [0.29, 0.717) is 37.0 Å². The molecule has 4 nitrogen and oxygen atoms in total. The first-order valence-electron chi connectivity index (χ1n) is 9.57. The van der Waals surface area contributed by atoms with E-state index >= 15 is 0 Å². The van der Waals surface area contributed by atoms with Crippen LogP contribution in [0.5, 0.6) is 0 Å². The third kappa shape index (κ3) is 2.02. The molecule has 4 aliphatic rings. The number of fused-ring (bicyclic) bond motifs is 5. The fourth-order valence-electron chi connectivity index (χ4n) is 6.83. The van der Waals surface area contributed by atoms with Crippen molar-refractivity contribution < 1.29 is 19.7 Å². The number of carbonyl (C=O) groups is 1. The van der Waals surface area contributed by atoms with Crippen LogP contribution in [0.3, 0.4) is 0 Å². The van der Waals surface area contributed by atoms with Gasteiger partial charge in [-0.05, 0) is 74.5 Å². The Morgan fingerprint density at radius 3 is 2.71 bits per heavy atom. The zero-order chi connectivity index (χ0) is 17.1. The lowest BCUT2D eigenvalue weighted by atomic mass is 9.47. The highest BCUT2D eigenvalue weighted by Gasteiger charge is 2.62. The van der Waals surface area contributed by atoms with Crippen molar-refractivity contribution in [3.8, 4) is 0 Å². The van der Waals surface area contributed by atoms with Gasteiger partial charge in [-0.15, -0.1) is 0 Å². The molecule has 0 aromatic rings. The Hall–Kier alpha value is -0.870. The topological polar surface area (TPSA) is 66.8 Å². The summed E-state index contributed by atoms with van der Waals surface area (Å²) in [5.41, 5.74) is 0.612. The van der Waals surface area contributed by atoms with E-state index in [-0.39, 0.29) is 23.6 Å². The average molecular weight is 334 g/mol. The molecule has 0 saturated heterocycles. The first-order valence-corrected chi connectivity index (χ1v) is 9.57. The van der Waals surface area contributed by atoms with Gasteiger partial charge in [-0.3, -0.25) is 4.79 Å². The molecule has 24 heavy (non-hydrogen) atoms. The van der Waals surface area contributed by atoms with Gasteiger partial charge in [-0.2, -0.15) is 0 Å². The number of hydrogen-bond acceptors (Lipinski definition) is 4. The highest BCUT2D eigenvalue weighted by atomic mass is 16.5. The summed E-state index contributed by atoms with van der Waals surface area (Å²) in [6.07, 6.45) is 8.64. The molecule has 0 amide bonds. The number of aliphatic hydroxyl groups is 2. The van der Waals surface area contributed by atoms with Crippen LogP contribution in [0.15, 0.2) is 11.6 Å². The third-order valence-electron chi connectivity index (χ3n) is 8.11. The normalized spacial score (nSPS) is 50.3. The van der Waals surface area contributed by atoms with E-state index in [9.17, 15) is 15.0 Å². The van der Waals surface area contributed by atoms with E-state index in [2.05, 4.69) is 13.0 Å². The molecule has 0 aromatic heterocycles. The van der Waals surface area contributed by atoms with Gasteiger partial charge in [0.1, 0.15) is 0 Å². The van der Waals surface area contributed by atoms with Crippen molar-refractivity contribution in [1.82, 2.24) is 0 Å². The summed E-state index contributed by atoms with van der Waals surface area (Å²) in [6.45, 7) is 2.25. The second-order valence-electron chi connectivity index (χ2n) is 8.84. The minimum atomic E-state index is -0.522. The van der Waals surface area contributed by atoms with Crippen LogP contribution < -0.4 is 0 Å². The Labute approximate surface area is 144 Å². The van der Waals surface area contributed by atoms with Gasteiger partial charge in [0.15, 0.2) is 0 Å². The summed E-state index contributed by atoms with van der Waals surface area (Å²) in [5.74, 6) is 1.16. The Morgan fingerprint density at radius 2 is 1.96 bits per heavy atom. The second-order valence-corrected chi connectivity index (χ2v) is 8.84. The first kappa shape index (κ1) is 16.6. The Kier molecular flexibility index (Phi) is 3.85. The molecule has 7 atom stereocenters. The van der Waals surface area contributed by atoms with Crippen LogP contribution in [0.2, 0.25) is 0 Å². The Bertz CT molecular complexity index is 570. The fraction of sp³-hybridized carbons (Fsp3) is 0.850. The molecule has 0 aromatic carbocycles. The predicted octanol–water partition coefficient (Wildman–Crippen LogP) is 2.82. The average Bonchev–Trinajstić information content (AvgIpc) is 2.89. The molecule has 0 heterocycles. The molecule has 0 bridgehead atoms. The summed E-state index contributed by atoms with van der Waals surface area (Å²) < 4.78 is 5.28. The zero-order valence-corrected chi connectivity index (χ0v) is 14.8. The number of hydrogen-bond donors (Lipinski definition) is 2. The van der Waals surface area contributed by atoms with E-state index in [4.69, 9.17) is 4.74 Å². The number of allylic oxidation sites excluding steroid dienone is 1.